The lowest BCUT2D eigenvalue weighted by molar-refractivity contribution is -0.141. The van der Waals surface area contributed by atoms with Crippen LogP contribution < -0.4 is 16.0 Å². The maximum atomic E-state index is 14.8. The molecule has 228 valence electrons. The molecule has 1 saturated carbocycles. The van der Waals surface area contributed by atoms with E-state index in [-0.39, 0.29) is 29.7 Å². The third kappa shape index (κ3) is 7.98. The summed E-state index contributed by atoms with van der Waals surface area (Å²) in [5.41, 5.74) is -1.18. The summed E-state index contributed by atoms with van der Waals surface area (Å²) in [7, 11) is 0. The molecule has 2 amide bonds. The van der Waals surface area contributed by atoms with Gasteiger partial charge in [-0.2, -0.15) is 0 Å². The summed E-state index contributed by atoms with van der Waals surface area (Å²) < 4.78 is 5.53. The van der Waals surface area contributed by atoms with E-state index in [2.05, 4.69) is 16.0 Å². The van der Waals surface area contributed by atoms with E-state index in [9.17, 15) is 24.3 Å². The third-order valence-electron chi connectivity index (χ3n) is 8.24. The van der Waals surface area contributed by atoms with Crippen LogP contribution in [0.2, 0.25) is 0 Å². The van der Waals surface area contributed by atoms with Crippen molar-refractivity contribution in [1.82, 2.24) is 16.0 Å². The summed E-state index contributed by atoms with van der Waals surface area (Å²) in [6.07, 6.45) is 5.49. The van der Waals surface area contributed by atoms with Gasteiger partial charge in [0.2, 0.25) is 5.91 Å². The molecule has 9 nitrogen and oxygen atoms in total. The van der Waals surface area contributed by atoms with E-state index in [1.807, 2.05) is 17.5 Å². The number of carbonyl (C=O) groups excluding carboxylic acids is 3. The van der Waals surface area contributed by atoms with Crippen LogP contribution in [0.3, 0.4) is 0 Å². The fourth-order valence-electron chi connectivity index (χ4n) is 6.17. The Morgan fingerprint density at radius 3 is 2.29 bits per heavy atom. The third-order valence-corrected chi connectivity index (χ3v) is 9.13. The first-order chi connectivity index (χ1) is 20.0. The van der Waals surface area contributed by atoms with Crippen LogP contribution in [0.15, 0.2) is 41.8 Å². The van der Waals surface area contributed by atoms with Crippen LogP contribution in [0.25, 0.3) is 0 Å². The largest absolute Gasteiger partial charge is 0.478 e. The molecule has 1 aromatic heterocycles. The lowest BCUT2D eigenvalue weighted by atomic mass is 9.63. The van der Waals surface area contributed by atoms with E-state index < -0.39 is 35.0 Å². The molecule has 1 aliphatic heterocycles. The zero-order valence-corrected chi connectivity index (χ0v) is 25.6. The Hall–Kier alpha value is -3.24. The zero-order valence-electron chi connectivity index (χ0n) is 24.7. The van der Waals surface area contributed by atoms with Gasteiger partial charge in [-0.05, 0) is 88.7 Å². The number of benzene rings is 1. The number of carboxylic acids is 1. The number of amides is 2. The highest BCUT2D eigenvalue weighted by atomic mass is 32.1. The van der Waals surface area contributed by atoms with Gasteiger partial charge in [-0.25, -0.2) is 9.59 Å². The van der Waals surface area contributed by atoms with Gasteiger partial charge in [-0.1, -0.05) is 37.5 Å². The highest BCUT2D eigenvalue weighted by Gasteiger charge is 2.52. The second-order valence-corrected chi connectivity index (χ2v) is 13.5. The fourth-order valence-corrected chi connectivity index (χ4v) is 6.93. The van der Waals surface area contributed by atoms with Crippen molar-refractivity contribution in [2.75, 3.05) is 13.1 Å². The number of hydrogen-bond acceptors (Lipinski definition) is 7. The van der Waals surface area contributed by atoms with Crippen molar-refractivity contribution in [2.24, 2.45) is 5.41 Å². The van der Waals surface area contributed by atoms with Gasteiger partial charge < -0.3 is 25.8 Å². The first kappa shape index (κ1) is 31.7. The van der Waals surface area contributed by atoms with E-state index in [0.717, 1.165) is 37.0 Å². The van der Waals surface area contributed by atoms with Crippen LogP contribution in [0.5, 0.6) is 0 Å². The number of aromatic carboxylic acids is 1. The highest BCUT2D eigenvalue weighted by molar-refractivity contribution is 7.09. The molecule has 42 heavy (non-hydrogen) atoms. The summed E-state index contributed by atoms with van der Waals surface area (Å²) in [4.78, 5) is 54.7. The molecule has 1 aliphatic carbocycles. The molecule has 4 N–H and O–H groups in total. The van der Waals surface area contributed by atoms with Crippen LogP contribution in [-0.2, 0) is 20.7 Å². The van der Waals surface area contributed by atoms with E-state index in [1.54, 1.807) is 32.9 Å². The number of rotatable bonds is 10. The zero-order chi connectivity index (χ0) is 30.3. The molecule has 2 aromatic rings. The minimum Gasteiger partial charge on any atom is -0.478 e. The van der Waals surface area contributed by atoms with E-state index in [1.165, 1.54) is 23.5 Å². The second kappa shape index (κ2) is 13.8. The average molecular weight is 598 g/mol. The maximum absolute atomic E-state index is 14.8. The van der Waals surface area contributed by atoms with Crippen molar-refractivity contribution >= 4 is 35.1 Å². The highest BCUT2D eigenvalue weighted by Crippen LogP contribution is 2.45. The molecule has 1 aromatic carbocycles. The van der Waals surface area contributed by atoms with Gasteiger partial charge in [0, 0.05) is 17.3 Å². The number of alkyl carbamates (subject to hydrolysis) is 1. The molecular weight excluding hydrogens is 554 g/mol. The minimum atomic E-state index is -1.08. The number of Topliss-reactive ketones (excluding diaryl/α,β-unsaturated/α-hetero) is 1. The summed E-state index contributed by atoms with van der Waals surface area (Å²) in [5, 5.41) is 20.9. The Balaban J connectivity index is 1.77. The second-order valence-electron chi connectivity index (χ2n) is 12.5. The molecule has 2 heterocycles. The Morgan fingerprint density at radius 1 is 1.05 bits per heavy atom. The summed E-state index contributed by atoms with van der Waals surface area (Å²) >= 11 is 1.49. The number of nitrogens with one attached hydrogen (secondary N) is 3. The Morgan fingerprint density at radius 2 is 1.71 bits per heavy atom. The minimum absolute atomic E-state index is 0.0601. The molecule has 0 radical (unpaired) electrons. The average Bonchev–Trinajstić information content (AvgIpc) is 3.46. The van der Waals surface area contributed by atoms with E-state index in [4.69, 9.17) is 4.74 Å². The van der Waals surface area contributed by atoms with Crippen molar-refractivity contribution < 1.29 is 29.0 Å². The van der Waals surface area contributed by atoms with Gasteiger partial charge >= 0.3 is 12.1 Å². The lowest BCUT2D eigenvalue weighted by Gasteiger charge is -2.44. The number of ketones is 1. The van der Waals surface area contributed by atoms with Crippen LogP contribution in [0, 0.1) is 5.41 Å². The number of piperidine rings is 1. The number of ether oxygens (including phenoxy) is 1. The smallest absolute Gasteiger partial charge is 0.408 e. The fraction of sp³-hybridized carbons (Fsp3) is 0.562. The predicted molar refractivity (Wildman–Crippen MR) is 162 cm³/mol. The van der Waals surface area contributed by atoms with Gasteiger partial charge in [0.1, 0.15) is 5.60 Å². The van der Waals surface area contributed by atoms with Crippen molar-refractivity contribution in [3.8, 4) is 0 Å². The van der Waals surface area contributed by atoms with Crippen LogP contribution in [-0.4, -0.2) is 59.6 Å². The lowest BCUT2D eigenvalue weighted by Crippen LogP contribution is -2.57. The molecular formula is C32H43N3O6S. The molecule has 0 spiro atoms. The summed E-state index contributed by atoms with van der Waals surface area (Å²) in [5.74, 6) is -2.43. The molecule has 2 aliphatic rings. The molecule has 2 fully saturated rings. The first-order valence-electron chi connectivity index (χ1n) is 14.9. The summed E-state index contributed by atoms with van der Waals surface area (Å²) in [6.45, 7) is 6.40. The topological polar surface area (TPSA) is 134 Å². The van der Waals surface area contributed by atoms with Gasteiger partial charge in [0.25, 0.3) is 0 Å². The van der Waals surface area contributed by atoms with E-state index in [0.29, 0.717) is 31.5 Å². The Bertz CT molecular complexity index is 1230. The van der Waals surface area contributed by atoms with Crippen LogP contribution in [0.4, 0.5) is 4.79 Å². The Labute approximate surface area is 251 Å². The van der Waals surface area contributed by atoms with Crippen molar-refractivity contribution in [2.45, 2.75) is 95.7 Å². The molecule has 1 saturated heterocycles. The van der Waals surface area contributed by atoms with Gasteiger partial charge in [-0.15, -0.1) is 11.3 Å². The van der Waals surface area contributed by atoms with Gasteiger partial charge in [-0.3, -0.25) is 9.59 Å². The first-order valence-corrected chi connectivity index (χ1v) is 15.8. The molecule has 2 unspecified atom stereocenters. The Kier molecular flexibility index (Phi) is 10.4. The molecule has 10 heteroatoms. The maximum Gasteiger partial charge on any atom is 0.408 e. The van der Waals surface area contributed by atoms with Crippen LogP contribution >= 0.6 is 11.3 Å². The van der Waals surface area contributed by atoms with Crippen molar-refractivity contribution in [1.29, 1.82) is 0 Å². The number of carboxylic acid groups (broad SMARTS) is 1. The molecule has 0 bridgehead atoms. The quantitative estimate of drug-likeness (QED) is 0.301. The number of hydrogen-bond donors (Lipinski definition) is 4. The van der Waals surface area contributed by atoms with Crippen LogP contribution in [0.1, 0.15) is 92.4 Å². The SMILES string of the molecule is CC(C)(C)OC(=O)NC(Cc1cccs1)C(=O)C(c1ccc(C(=O)O)cc1)C1(C(=O)NC2CCCCC2)CCNCC1. The van der Waals surface area contributed by atoms with Gasteiger partial charge in [0.15, 0.2) is 5.78 Å². The summed E-state index contributed by atoms with van der Waals surface area (Å²) in [6, 6.07) is 9.13. The van der Waals surface area contributed by atoms with Crippen molar-refractivity contribution in [3.05, 3.63) is 57.8 Å². The number of thiophene rings is 1. The standard InChI is InChI=1S/C32H43N3O6S/c1-31(2,3)41-30(40)35-25(20-24-10-7-19-42-24)27(36)26(21-11-13-22(14-12-21)28(37)38)32(15-17-33-18-16-32)29(39)34-23-8-5-4-6-9-23/h7,10-14,19,23,25-26,33H,4-6,8-9,15-18,20H2,1-3H3,(H,34,39)(H,35,40)(H,37,38). The normalized spacial score (nSPS) is 18.8. The number of carbonyl (C=O) groups is 4. The predicted octanol–water partition coefficient (Wildman–Crippen LogP) is 5.05. The monoisotopic (exact) mass is 597 g/mol. The van der Waals surface area contributed by atoms with Gasteiger partial charge in [0.05, 0.1) is 22.9 Å². The molecule has 2 atom stereocenters. The van der Waals surface area contributed by atoms with E-state index >= 15 is 0 Å². The van der Waals surface area contributed by atoms with Crippen molar-refractivity contribution in [3.63, 3.8) is 0 Å². The molecule has 4 rings (SSSR count).